The minimum absolute atomic E-state index is 0.271. The van der Waals surface area contributed by atoms with Gasteiger partial charge in [0, 0.05) is 0 Å². The molecule has 0 unspecified atom stereocenters. The molecule has 0 amide bonds. The molecule has 0 spiro atoms. The number of benzene rings is 1. The lowest BCUT2D eigenvalue weighted by Gasteiger charge is -2.05. The van der Waals surface area contributed by atoms with Crippen molar-refractivity contribution in [2.75, 3.05) is 0 Å². The number of halogens is 1. The fraction of sp³-hybridized carbons (Fsp3) is 0.364. The van der Waals surface area contributed by atoms with Crippen LogP contribution in [0.15, 0.2) is 18.2 Å². The zero-order valence-corrected chi connectivity index (χ0v) is 7.84. The molecule has 0 aliphatic carbocycles. The van der Waals surface area contributed by atoms with Crippen molar-refractivity contribution in [1.82, 2.24) is 0 Å². The molecule has 2 heteroatoms. The molecule has 0 saturated carbocycles. The highest BCUT2D eigenvalue weighted by Gasteiger charge is 2.04. The molecule has 0 fully saturated rings. The van der Waals surface area contributed by atoms with Crippen LogP contribution in [0.1, 0.15) is 25.0 Å². The van der Waals surface area contributed by atoms with E-state index in [4.69, 9.17) is 5.26 Å². The molecule has 0 radical (unpaired) electrons. The minimum Gasteiger partial charge on any atom is -0.207 e. The van der Waals surface area contributed by atoms with E-state index in [1.54, 1.807) is 12.1 Å². The maximum Gasteiger partial charge on any atom is 0.127 e. The summed E-state index contributed by atoms with van der Waals surface area (Å²) in [5.74, 6) is 0.162. The molecule has 1 rings (SSSR count). The van der Waals surface area contributed by atoms with Gasteiger partial charge in [0.15, 0.2) is 0 Å². The normalized spacial score (nSPS) is 10.1. The maximum atomic E-state index is 13.2. The summed E-state index contributed by atoms with van der Waals surface area (Å²) in [5, 5.41) is 8.52. The molecule has 13 heavy (non-hydrogen) atoms. The summed E-state index contributed by atoms with van der Waals surface area (Å²) in [7, 11) is 0. The standard InChI is InChI=1S/C11H12FN/c1-8(2)5-10-4-3-9(7-13)6-11(10)12/h3-4,6,8H,5H2,1-2H3. The number of nitrogens with zero attached hydrogens (tertiary/aromatic N) is 1. The Labute approximate surface area is 77.8 Å². The summed E-state index contributed by atoms with van der Waals surface area (Å²) < 4.78 is 13.2. The number of hydrogen-bond donors (Lipinski definition) is 0. The molecular formula is C11H12FN. The highest BCUT2D eigenvalue weighted by Crippen LogP contribution is 2.13. The van der Waals surface area contributed by atoms with Gasteiger partial charge in [-0.2, -0.15) is 5.26 Å². The minimum atomic E-state index is -0.271. The van der Waals surface area contributed by atoms with Crippen LogP contribution in [0.4, 0.5) is 4.39 Å². The summed E-state index contributed by atoms with van der Waals surface area (Å²) in [5.41, 5.74) is 1.07. The molecule has 0 heterocycles. The van der Waals surface area contributed by atoms with E-state index in [0.717, 1.165) is 6.42 Å². The predicted octanol–water partition coefficient (Wildman–Crippen LogP) is 2.90. The van der Waals surface area contributed by atoms with Gasteiger partial charge in [0.05, 0.1) is 11.6 Å². The molecular weight excluding hydrogens is 165 g/mol. The van der Waals surface area contributed by atoms with Gasteiger partial charge in [0.2, 0.25) is 0 Å². The van der Waals surface area contributed by atoms with Gasteiger partial charge in [-0.1, -0.05) is 19.9 Å². The van der Waals surface area contributed by atoms with Crippen molar-refractivity contribution >= 4 is 0 Å². The topological polar surface area (TPSA) is 23.8 Å². The lowest BCUT2D eigenvalue weighted by molar-refractivity contribution is 0.574. The van der Waals surface area contributed by atoms with E-state index in [9.17, 15) is 4.39 Å². The van der Waals surface area contributed by atoms with E-state index in [1.807, 2.05) is 19.9 Å². The van der Waals surface area contributed by atoms with E-state index in [-0.39, 0.29) is 5.82 Å². The van der Waals surface area contributed by atoms with Crippen LogP contribution in [0.5, 0.6) is 0 Å². The molecule has 0 aliphatic heterocycles. The van der Waals surface area contributed by atoms with Gasteiger partial charge in [-0.3, -0.25) is 0 Å². The summed E-state index contributed by atoms with van der Waals surface area (Å²) in [4.78, 5) is 0. The first-order chi connectivity index (χ1) is 6.13. The van der Waals surface area contributed by atoms with Crippen molar-refractivity contribution in [3.8, 4) is 6.07 Å². The Kier molecular flexibility index (Phi) is 3.02. The Hall–Kier alpha value is -1.36. The third-order valence-electron chi connectivity index (χ3n) is 1.81. The largest absolute Gasteiger partial charge is 0.207 e. The molecule has 1 aromatic carbocycles. The van der Waals surface area contributed by atoms with E-state index in [2.05, 4.69) is 0 Å². The summed E-state index contributed by atoms with van der Waals surface area (Å²) in [6.45, 7) is 4.08. The average molecular weight is 177 g/mol. The van der Waals surface area contributed by atoms with Crippen LogP contribution in [0.3, 0.4) is 0 Å². The lowest BCUT2D eigenvalue weighted by atomic mass is 10.0. The third kappa shape index (κ3) is 2.55. The lowest BCUT2D eigenvalue weighted by Crippen LogP contribution is -1.97. The van der Waals surface area contributed by atoms with Gasteiger partial charge < -0.3 is 0 Å². The molecule has 1 aromatic rings. The molecule has 0 N–H and O–H groups in total. The Morgan fingerprint density at radius 1 is 1.46 bits per heavy atom. The van der Waals surface area contributed by atoms with Gasteiger partial charge in [0.25, 0.3) is 0 Å². The molecule has 0 atom stereocenters. The molecule has 0 bridgehead atoms. The quantitative estimate of drug-likeness (QED) is 0.681. The van der Waals surface area contributed by atoms with E-state index < -0.39 is 0 Å². The Balaban J connectivity index is 2.93. The second-order valence-electron chi connectivity index (χ2n) is 3.52. The van der Waals surface area contributed by atoms with E-state index >= 15 is 0 Å². The Morgan fingerprint density at radius 2 is 2.15 bits per heavy atom. The Morgan fingerprint density at radius 3 is 2.62 bits per heavy atom. The van der Waals surface area contributed by atoms with Crippen molar-refractivity contribution in [1.29, 1.82) is 5.26 Å². The van der Waals surface area contributed by atoms with Gasteiger partial charge in [-0.25, -0.2) is 4.39 Å². The van der Waals surface area contributed by atoms with Crippen LogP contribution in [-0.2, 0) is 6.42 Å². The van der Waals surface area contributed by atoms with Crippen molar-refractivity contribution in [3.63, 3.8) is 0 Å². The average Bonchev–Trinajstić information content (AvgIpc) is 2.08. The number of rotatable bonds is 2. The number of nitriles is 1. The smallest absolute Gasteiger partial charge is 0.127 e. The summed E-state index contributed by atoms with van der Waals surface area (Å²) in [6, 6.07) is 6.54. The third-order valence-corrected chi connectivity index (χ3v) is 1.81. The molecule has 0 saturated heterocycles. The van der Waals surface area contributed by atoms with Gasteiger partial charge in [-0.15, -0.1) is 0 Å². The zero-order chi connectivity index (χ0) is 9.84. The highest BCUT2D eigenvalue weighted by atomic mass is 19.1. The van der Waals surface area contributed by atoms with Gasteiger partial charge in [0.1, 0.15) is 5.82 Å². The predicted molar refractivity (Wildman–Crippen MR) is 49.7 cm³/mol. The maximum absolute atomic E-state index is 13.2. The fourth-order valence-corrected chi connectivity index (χ4v) is 1.22. The first kappa shape index (κ1) is 9.73. The van der Waals surface area contributed by atoms with E-state index in [0.29, 0.717) is 17.0 Å². The first-order valence-electron chi connectivity index (χ1n) is 4.32. The monoisotopic (exact) mass is 177 g/mol. The van der Waals surface area contributed by atoms with Crippen LogP contribution in [0.2, 0.25) is 0 Å². The van der Waals surface area contributed by atoms with Crippen LogP contribution < -0.4 is 0 Å². The molecule has 0 aliphatic rings. The van der Waals surface area contributed by atoms with Crippen molar-refractivity contribution in [2.24, 2.45) is 5.92 Å². The van der Waals surface area contributed by atoms with Crippen molar-refractivity contribution in [2.45, 2.75) is 20.3 Å². The first-order valence-corrected chi connectivity index (χ1v) is 4.32. The molecule has 0 aromatic heterocycles. The Bertz CT molecular complexity index is 336. The van der Waals surface area contributed by atoms with Crippen molar-refractivity contribution < 1.29 is 4.39 Å². The summed E-state index contributed by atoms with van der Waals surface area (Å²) >= 11 is 0. The van der Waals surface area contributed by atoms with Crippen LogP contribution in [0, 0.1) is 23.1 Å². The summed E-state index contributed by atoms with van der Waals surface area (Å²) in [6.07, 6.45) is 0.720. The van der Waals surface area contributed by atoms with Crippen LogP contribution in [-0.4, -0.2) is 0 Å². The van der Waals surface area contributed by atoms with Gasteiger partial charge in [-0.05, 0) is 30.0 Å². The van der Waals surface area contributed by atoms with Crippen LogP contribution >= 0.6 is 0 Å². The SMILES string of the molecule is CC(C)Cc1ccc(C#N)cc1F. The molecule has 1 nitrogen and oxygen atoms in total. The highest BCUT2D eigenvalue weighted by molar-refractivity contribution is 5.32. The van der Waals surface area contributed by atoms with E-state index in [1.165, 1.54) is 6.07 Å². The van der Waals surface area contributed by atoms with Crippen LogP contribution in [0.25, 0.3) is 0 Å². The number of hydrogen-bond acceptors (Lipinski definition) is 1. The second kappa shape index (κ2) is 4.04. The zero-order valence-electron chi connectivity index (χ0n) is 7.84. The fourth-order valence-electron chi connectivity index (χ4n) is 1.22. The second-order valence-corrected chi connectivity index (χ2v) is 3.52. The van der Waals surface area contributed by atoms with Crippen molar-refractivity contribution in [3.05, 3.63) is 35.1 Å². The molecule has 68 valence electrons. The van der Waals surface area contributed by atoms with Gasteiger partial charge >= 0.3 is 0 Å².